The SMILES string of the molecule is CC(N)(CO)Cc1ccc(O)c(O)c1. The highest BCUT2D eigenvalue weighted by atomic mass is 16.3. The molecule has 1 atom stereocenters. The molecule has 0 heterocycles. The van der Waals surface area contributed by atoms with E-state index in [0.717, 1.165) is 5.56 Å². The highest BCUT2D eigenvalue weighted by molar-refractivity contribution is 5.40. The molecular weight excluding hydrogens is 182 g/mol. The quantitative estimate of drug-likeness (QED) is 0.527. The van der Waals surface area contributed by atoms with Gasteiger partial charge < -0.3 is 21.1 Å². The first-order chi connectivity index (χ1) is 6.44. The van der Waals surface area contributed by atoms with Gasteiger partial charge in [0.1, 0.15) is 0 Å². The Morgan fingerprint density at radius 3 is 2.43 bits per heavy atom. The number of aromatic hydroxyl groups is 2. The molecule has 4 heteroatoms. The van der Waals surface area contributed by atoms with Crippen LogP contribution in [0.1, 0.15) is 12.5 Å². The van der Waals surface area contributed by atoms with E-state index >= 15 is 0 Å². The number of phenols is 2. The summed E-state index contributed by atoms with van der Waals surface area (Å²) in [6.07, 6.45) is 0.442. The van der Waals surface area contributed by atoms with Crippen molar-refractivity contribution >= 4 is 0 Å². The zero-order valence-electron chi connectivity index (χ0n) is 8.07. The molecule has 78 valence electrons. The highest BCUT2D eigenvalue weighted by Gasteiger charge is 2.18. The fourth-order valence-electron chi connectivity index (χ4n) is 1.20. The molecular formula is C10H15NO3. The zero-order chi connectivity index (χ0) is 10.8. The van der Waals surface area contributed by atoms with Gasteiger partial charge in [-0.3, -0.25) is 0 Å². The van der Waals surface area contributed by atoms with Crippen molar-refractivity contribution in [3.05, 3.63) is 23.8 Å². The van der Waals surface area contributed by atoms with E-state index in [1.54, 1.807) is 13.0 Å². The lowest BCUT2D eigenvalue weighted by molar-refractivity contribution is 0.208. The summed E-state index contributed by atoms with van der Waals surface area (Å²) < 4.78 is 0. The molecule has 0 saturated heterocycles. The minimum Gasteiger partial charge on any atom is -0.504 e. The van der Waals surface area contributed by atoms with Gasteiger partial charge >= 0.3 is 0 Å². The molecule has 0 radical (unpaired) electrons. The van der Waals surface area contributed by atoms with Crippen molar-refractivity contribution < 1.29 is 15.3 Å². The number of hydrogen-bond donors (Lipinski definition) is 4. The normalized spacial score (nSPS) is 15.1. The van der Waals surface area contributed by atoms with Gasteiger partial charge in [-0.15, -0.1) is 0 Å². The second-order valence-electron chi connectivity index (χ2n) is 3.81. The molecule has 0 spiro atoms. The third-order valence-corrected chi connectivity index (χ3v) is 2.01. The predicted molar refractivity (Wildman–Crippen MR) is 53.2 cm³/mol. The van der Waals surface area contributed by atoms with E-state index in [9.17, 15) is 5.11 Å². The van der Waals surface area contributed by atoms with Crippen molar-refractivity contribution in [3.63, 3.8) is 0 Å². The van der Waals surface area contributed by atoms with Crippen molar-refractivity contribution in [1.29, 1.82) is 0 Å². The lowest BCUT2D eigenvalue weighted by Gasteiger charge is -2.21. The van der Waals surface area contributed by atoms with E-state index in [4.69, 9.17) is 15.9 Å². The first-order valence-corrected chi connectivity index (χ1v) is 4.35. The number of nitrogens with two attached hydrogens (primary N) is 1. The lowest BCUT2D eigenvalue weighted by Crippen LogP contribution is -2.42. The molecule has 0 aromatic heterocycles. The number of rotatable bonds is 3. The Hall–Kier alpha value is -1.26. The average Bonchev–Trinajstić information content (AvgIpc) is 2.11. The van der Waals surface area contributed by atoms with Gasteiger partial charge in [0, 0.05) is 5.54 Å². The van der Waals surface area contributed by atoms with Crippen LogP contribution >= 0.6 is 0 Å². The van der Waals surface area contributed by atoms with Crippen LogP contribution in [-0.2, 0) is 6.42 Å². The minimum absolute atomic E-state index is 0.130. The standard InChI is InChI=1S/C10H15NO3/c1-10(11,6-12)5-7-2-3-8(13)9(14)4-7/h2-4,12-14H,5-6,11H2,1H3. The van der Waals surface area contributed by atoms with E-state index in [1.807, 2.05) is 0 Å². The summed E-state index contributed by atoms with van der Waals surface area (Å²) in [7, 11) is 0. The summed E-state index contributed by atoms with van der Waals surface area (Å²) in [5, 5.41) is 27.2. The fourth-order valence-corrected chi connectivity index (χ4v) is 1.20. The van der Waals surface area contributed by atoms with Crippen LogP contribution in [-0.4, -0.2) is 27.5 Å². The molecule has 0 aliphatic carbocycles. The molecule has 1 aromatic carbocycles. The first-order valence-electron chi connectivity index (χ1n) is 4.35. The van der Waals surface area contributed by atoms with E-state index < -0.39 is 5.54 Å². The van der Waals surface area contributed by atoms with Crippen molar-refractivity contribution in [2.24, 2.45) is 5.73 Å². The monoisotopic (exact) mass is 197 g/mol. The molecule has 4 nitrogen and oxygen atoms in total. The number of benzene rings is 1. The van der Waals surface area contributed by atoms with Crippen LogP contribution in [0, 0.1) is 0 Å². The Labute approximate surface area is 82.6 Å². The van der Waals surface area contributed by atoms with Crippen molar-refractivity contribution in [1.82, 2.24) is 0 Å². The Balaban J connectivity index is 2.83. The van der Waals surface area contributed by atoms with E-state index in [-0.39, 0.29) is 18.1 Å². The maximum absolute atomic E-state index is 9.22. The number of hydrogen-bond acceptors (Lipinski definition) is 4. The third kappa shape index (κ3) is 2.61. The molecule has 5 N–H and O–H groups in total. The fraction of sp³-hybridized carbons (Fsp3) is 0.400. The molecule has 0 amide bonds. The molecule has 0 bridgehead atoms. The van der Waals surface area contributed by atoms with E-state index in [1.165, 1.54) is 12.1 Å². The number of aliphatic hydroxyl groups excluding tert-OH is 1. The number of phenolic OH excluding ortho intramolecular Hbond substituents is 2. The van der Waals surface area contributed by atoms with Crippen LogP contribution in [0.25, 0.3) is 0 Å². The zero-order valence-corrected chi connectivity index (χ0v) is 8.07. The molecule has 0 aliphatic heterocycles. The Morgan fingerprint density at radius 2 is 1.93 bits per heavy atom. The summed E-state index contributed by atoms with van der Waals surface area (Å²) in [6.45, 7) is 1.59. The number of aliphatic hydroxyl groups is 1. The molecule has 1 rings (SSSR count). The second kappa shape index (κ2) is 3.86. The third-order valence-electron chi connectivity index (χ3n) is 2.01. The van der Waals surface area contributed by atoms with Crippen molar-refractivity contribution in [3.8, 4) is 11.5 Å². The van der Waals surface area contributed by atoms with Gasteiger partial charge in [-0.05, 0) is 31.0 Å². The molecule has 14 heavy (non-hydrogen) atoms. The van der Waals surface area contributed by atoms with Gasteiger partial charge in [-0.2, -0.15) is 0 Å². The van der Waals surface area contributed by atoms with E-state index in [2.05, 4.69) is 0 Å². The Morgan fingerprint density at radius 1 is 1.29 bits per heavy atom. The Kier molecular flexibility index (Phi) is 2.98. The van der Waals surface area contributed by atoms with Gasteiger partial charge in [0.2, 0.25) is 0 Å². The van der Waals surface area contributed by atoms with Crippen LogP contribution < -0.4 is 5.73 Å². The molecule has 0 saturated carbocycles. The summed E-state index contributed by atoms with van der Waals surface area (Å²) in [5.74, 6) is -0.326. The molecule has 0 aliphatic rings. The van der Waals surface area contributed by atoms with Crippen molar-refractivity contribution in [2.75, 3.05) is 6.61 Å². The summed E-state index contributed by atoms with van der Waals surface area (Å²) >= 11 is 0. The van der Waals surface area contributed by atoms with Gasteiger partial charge in [-0.25, -0.2) is 0 Å². The van der Waals surface area contributed by atoms with Crippen molar-refractivity contribution in [2.45, 2.75) is 18.9 Å². The second-order valence-corrected chi connectivity index (χ2v) is 3.81. The van der Waals surface area contributed by atoms with Crippen LogP contribution in [0.4, 0.5) is 0 Å². The van der Waals surface area contributed by atoms with Crippen LogP contribution in [0.3, 0.4) is 0 Å². The predicted octanol–water partition coefficient (Wildman–Crippen LogP) is 0.350. The Bertz CT molecular complexity index is 323. The molecule has 1 aromatic rings. The van der Waals surface area contributed by atoms with Crippen LogP contribution in [0.5, 0.6) is 11.5 Å². The van der Waals surface area contributed by atoms with Crippen LogP contribution in [0.2, 0.25) is 0 Å². The smallest absolute Gasteiger partial charge is 0.157 e. The maximum atomic E-state index is 9.22. The largest absolute Gasteiger partial charge is 0.504 e. The van der Waals surface area contributed by atoms with E-state index in [0.29, 0.717) is 6.42 Å². The molecule has 1 unspecified atom stereocenters. The topological polar surface area (TPSA) is 86.7 Å². The first kappa shape index (κ1) is 10.8. The average molecular weight is 197 g/mol. The lowest BCUT2D eigenvalue weighted by atomic mass is 9.95. The summed E-state index contributed by atoms with van der Waals surface area (Å²) in [5.41, 5.74) is 5.81. The summed E-state index contributed by atoms with van der Waals surface area (Å²) in [4.78, 5) is 0. The van der Waals surface area contributed by atoms with Crippen LogP contribution in [0.15, 0.2) is 18.2 Å². The van der Waals surface area contributed by atoms with Gasteiger partial charge in [0.15, 0.2) is 11.5 Å². The van der Waals surface area contributed by atoms with Gasteiger partial charge in [-0.1, -0.05) is 6.07 Å². The van der Waals surface area contributed by atoms with Gasteiger partial charge in [0.05, 0.1) is 6.61 Å². The maximum Gasteiger partial charge on any atom is 0.157 e. The minimum atomic E-state index is -0.705. The highest BCUT2D eigenvalue weighted by Crippen LogP contribution is 2.26. The summed E-state index contributed by atoms with van der Waals surface area (Å²) in [6, 6.07) is 4.50. The molecule has 0 fully saturated rings. The van der Waals surface area contributed by atoms with Gasteiger partial charge in [0.25, 0.3) is 0 Å².